The number of oxazole rings is 1. The molecule has 0 amide bonds. The lowest BCUT2D eigenvalue weighted by molar-refractivity contribution is -0.136. The Balaban J connectivity index is 2.51. The fraction of sp³-hybridized carbons (Fsp3) is 0.200. The summed E-state index contributed by atoms with van der Waals surface area (Å²) in [5.41, 5.74) is 1.21. The number of carboxylic acid groups (broad SMARTS) is 1. The topological polar surface area (TPSA) is 63.3 Å². The van der Waals surface area contributed by atoms with Crippen molar-refractivity contribution in [2.24, 2.45) is 0 Å². The largest absolute Gasteiger partial charge is 0.481 e. The third kappa shape index (κ3) is 1.81. The summed E-state index contributed by atoms with van der Waals surface area (Å²) in [5.74, 6) is -1.33. The van der Waals surface area contributed by atoms with Gasteiger partial charge in [0.2, 0.25) is 5.89 Å². The Morgan fingerprint density at radius 1 is 1.60 bits per heavy atom. The monoisotopic (exact) mass is 209 g/mol. The summed E-state index contributed by atoms with van der Waals surface area (Å²) in [6, 6.07) is 2.74. The first-order valence-corrected chi connectivity index (χ1v) is 4.33. The molecule has 0 atom stereocenters. The van der Waals surface area contributed by atoms with Gasteiger partial charge in [-0.2, -0.15) is 0 Å². The summed E-state index contributed by atoms with van der Waals surface area (Å²) in [6.07, 6.45) is -0.296. The Hall–Kier alpha value is -1.91. The standard InChI is InChI=1S/C10H8FNO3/c1-5-2-7-8(3-6(5)11)15-9(12-7)4-10(13)14/h2-3H,4H2,1H3,(H,13,14). The molecule has 4 nitrogen and oxygen atoms in total. The van der Waals surface area contributed by atoms with Crippen LogP contribution in [0.1, 0.15) is 11.5 Å². The molecule has 0 saturated heterocycles. The number of hydrogen-bond donors (Lipinski definition) is 1. The second-order valence-corrected chi connectivity index (χ2v) is 3.25. The molecular weight excluding hydrogens is 201 g/mol. The normalized spacial score (nSPS) is 10.8. The number of aryl methyl sites for hydroxylation is 1. The second-order valence-electron chi connectivity index (χ2n) is 3.25. The summed E-state index contributed by atoms with van der Waals surface area (Å²) in [4.78, 5) is 14.3. The predicted octanol–water partition coefficient (Wildman–Crippen LogP) is 1.90. The lowest BCUT2D eigenvalue weighted by Gasteiger charge is -1.92. The molecule has 1 heterocycles. The van der Waals surface area contributed by atoms with Crippen molar-refractivity contribution < 1.29 is 18.7 Å². The summed E-state index contributed by atoms with van der Waals surface area (Å²) in [7, 11) is 0. The Labute approximate surface area is 84.3 Å². The SMILES string of the molecule is Cc1cc2nc(CC(=O)O)oc2cc1F. The van der Waals surface area contributed by atoms with Gasteiger partial charge >= 0.3 is 5.97 Å². The minimum Gasteiger partial charge on any atom is -0.481 e. The van der Waals surface area contributed by atoms with Crippen LogP contribution in [-0.2, 0) is 11.2 Å². The van der Waals surface area contributed by atoms with E-state index in [1.807, 2.05) is 0 Å². The maximum atomic E-state index is 13.1. The first-order valence-electron chi connectivity index (χ1n) is 4.33. The van der Waals surface area contributed by atoms with Crippen LogP contribution in [-0.4, -0.2) is 16.1 Å². The molecule has 2 aromatic rings. The number of carboxylic acids is 1. The van der Waals surface area contributed by atoms with Crippen LogP contribution in [0.3, 0.4) is 0 Å². The van der Waals surface area contributed by atoms with Crippen LogP contribution in [0.2, 0.25) is 0 Å². The summed E-state index contributed by atoms with van der Waals surface area (Å²) < 4.78 is 18.2. The highest BCUT2D eigenvalue weighted by Crippen LogP contribution is 2.19. The van der Waals surface area contributed by atoms with Crippen molar-refractivity contribution in [2.45, 2.75) is 13.3 Å². The molecule has 5 heteroatoms. The molecule has 1 aromatic heterocycles. The fourth-order valence-electron chi connectivity index (χ4n) is 1.31. The molecule has 1 aromatic carbocycles. The van der Waals surface area contributed by atoms with Crippen molar-refractivity contribution >= 4 is 17.1 Å². The molecule has 78 valence electrons. The van der Waals surface area contributed by atoms with Gasteiger partial charge in [-0.25, -0.2) is 9.37 Å². The number of carbonyl (C=O) groups is 1. The van der Waals surface area contributed by atoms with Gasteiger partial charge in [0, 0.05) is 6.07 Å². The van der Waals surface area contributed by atoms with Gasteiger partial charge in [0.25, 0.3) is 0 Å². The fourth-order valence-corrected chi connectivity index (χ4v) is 1.31. The van der Waals surface area contributed by atoms with Crippen LogP contribution in [0.25, 0.3) is 11.1 Å². The molecule has 0 bridgehead atoms. The number of nitrogens with zero attached hydrogens (tertiary/aromatic N) is 1. The first kappa shape index (κ1) is 9.64. The van der Waals surface area contributed by atoms with Crippen molar-refractivity contribution in [2.75, 3.05) is 0 Å². The Kier molecular flexibility index (Phi) is 2.15. The number of rotatable bonds is 2. The average molecular weight is 209 g/mol. The summed E-state index contributed by atoms with van der Waals surface area (Å²) >= 11 is 0. The highest BCUT2D eigenvalue weighted by molar-refractivity contribution is 5.75. The lowest BCUT2D eigenvalue weighted by Crippen LogP contribution is -1.99. The van der Waals surface area contributed by atoms with Crippen molar-refractivity contribution in [3.63, 3.8) is 0 Å². The maximum absolute atomic E-state index is 13.1. The van der Waals surface area contributed by atoms with Crippen molar-refractivity contribution in [1.82, 2.24) is 4.98 Å². The number of aliphatic carboxylic acids is 1. The molecule has 0 saturated carbocycles. The zero-order chi connectivity index (χ0) is 11.0. The maximum Gasteiger partial charge on any atom is 0.312 e. The summed E-state index contributed by atoms with van der Waals surface area (Å²) in [6.45, 7) is 1.61. The van der Waals surface area contributed by atoms with Crippen molar-refractivity contribution in [1.29, 1.82) is 0 Å². The third-order valence-corrected chi connectivity index (χ3v) is 2.02. The number of hydrogen-bond acceptors (Lipinski definition) is 3. The minimum atomic E-state index is -1.03. The predicted molar refractivity (Wildman–Crippen MR) is 50.0 cm³/mol. The van der Waals surface area contributed by atoms with E-state index in [1.54, 1.807) is 6.92 Å². The number of aromatic nitrogens is 1. The van der Waals surface area contributed by atoms with Gasteiger partial charge in [-0.15, -0.1) is 0 Å². The number of halogens is 1. The van der Waals surface area contributed by atoms with E-state index in [9.17, 15) is 9.18 Å². The first-order chi connectivity index (χ1) is 7.06. The molecule has 0 spiro atoms. The van der Waals surface area contributed by atoms with E-state index in [0.29, 0.717) is 11.1 Å². The van der Waals surface area contributed by atoms with Crippen molar-refractivity contribution in [3.05, 3.63) is 29.4 Å². The van der Waals surface area contributed by atoms with E-state index in [1.165, 1.54) is 12.1 Å². The Bertz CT molecular complexity index is 494. The zero-order valence-electron chi connectivity index (χ0n) is 7.95. The van der Waals surface area contributed by atoms with E-state index >= 15 is 0 Å². The van der Waals surface area contributed by atoms with Crippen LogP contribution in [0.5, 0.6) is 0 Å². The van der Waals surface area contributed by atoms with Gasteiger partial charge in [-0.3, -0.25) is 4.79 Å². The molecule has 15 heavy (non-hydrogen) atoms. The van der Waals surface area contributed by atoms with Gasteiger partial charge in [-0.1, -0.05) is 0 Å². The average Bonchev–Trinajstić information content (AvgIpc) is 2.46. The van der Waals surface area contributed by atoms with Crippen LogP contribution < -0.4 is 0 Å². The van der Waals surface area contributed by atoms with Gasteiger partial charge in [-0.05, 0) is 18.6 Å². The smallest absolute Gasteiger partial charge is 0.312 e. The van der Waals surface area contributed by atoms with E-state index in [4.69, 9.17) is 9.52 Å². The molecule has 0 radical (unpaired) electrons. The molecule has 0 aliphatic heterocycles. The van der Waals surface area contributed by atoms with E-state index in [-0.39, 0.29) is 23.7 Å². The van der Waals surface area contributed by atoms with Gasteiger partial charge < -0.3 is 9.52 Å². The molecular formula is C10H8FNO3. The third-order valence-electron chi connectivity index (χ3n) is 2.02. The van der Waals surface area contributed by atoms with E-state index in [0.717, 1.165) is 0 Å². The Morgan fingerprint density at radius 2 is 2.33 bits per heavy atom. The van der Waals surface area contributed by atoms with Crippen LogP contribution in [0.4, 0.5) is 4.39 Å². The van der Waals surface area contributed by atoms with Crippen LogP contribution in [0.15, 0.2) is 16.5 Å². The second kappa shape index (κ2) is 3.34. The molecule has 0 aliphatic rings. The Morgan fingerprint density at radius 3 is 3.00 bits per heavy atom. The molecule has 0 unspecified atom stereocenters. The lowest BCUT2D eigenvalue weighted by atomic mass is 10.2. The van der Waals surface area contributed by atoms with E-state index < -0.39 is 5.97 Å². The minimum absolute atomic E-state index is 0.0856. The molecule has 0 aliphatic carbocycles. The van der Waals surface area contributed by atoms with Crippen LogP contribution >= 0.6 is 0 Å². The van der Waals surface area contributed by atoms with Gasteiger partial charge in [0.05, 0.1) is 0 Å². The molecule has 1 N–H and O–H groups in total. The van der Waals surface area contributed by atoms with Crippen molar-refractivity contribution in [3.8, 4) is 0 Å². The quantitative estimate of drug-likeness (QED) is 0.820. The highest BCUT2D eigenvalue weighted by Gasteiger charge is 2.11. The van der Waals surface area contributed by atoms with E-state index in [2.05, 4.69) is 4.98 Å². The number of fused-ring (bicyclic) bond motifs is 1. The number of benzene rings is 1. The van der Waals surface area contributed by atoms with Gasteiger partial charge in [0.15, 0.2) is 5.58 Å². The summed E-state index contributed by atoms with van der Waals surface area (Å²) in [5, 5.41) is 8.53. The highest BCUT2D eigenvalue weighted by atomic mass is 19.1. The van der Waals surface area contributed by atoms with Crippen LogP contribution in [0, 0.1) is 12.7 Å². The van der Waals surface area contributed by atoms with Gasteiger partial charge in [0.1, 0.15) is 17.8 Å². The molecule has 0 fully saturated rings. The zero-order valence-corrected chi connectivity index (χ0v) is 7.95. The molecule has 2 rings (SSSR count).